The summed E-state index contributed by atoms with van der Waals surface area (Å²) in [5.41, 5.74) is 0. The van der Waals surface area contributed by atoms with Crippen molar-refractivity contribution in [3.05, 3.63) is 0 Å². The fourth-order valence-corrected chi connectivity index (χ4v) is 1.09. The minimum atomic E-state index is -0.944. The summed E-state index contributed by atoms with van der Waals surface area (Å²) in [5, 5.41) is 26.8. The van der Waals surface area contributed by atoms with Crippen molar-refractivity contribution in [3.8, 4) is 0 Å². The highest BCUT2D eigenvalue weighted by atomic mass is 16.5. The summed E-state index contributed by atoms with van der Waals surface area (Å²) in [6.45, 7) is 1.41. The molecular formula is C6H12O4. The molecular weight excluding hydrogens is 136 g/mol. The van der Waals surface area contributed by atoms with E-state index in [1.807, 2.05) is 0 Å². The van der Waals surface area contributed by atoms with Crippen molar-refractivity contribution in [1.82, 2.24) is 0 Å². The van der Waals surface area contributed by atoms with Crippen molar-refractivity contribution in [2.75, 3.05) is 6.61 Å². The standard InChI is InChI=1S/C6H12O4/c1-3-5(8)6(9)4(2-7)10-3/h3-9H,2H2,1H3/t3-,4-,5?,6-/m1/s1. The minimum Gasteiger partial charge on any atom is -0.394 e. The van der Waals surface area contributed by atoms with E-state index in [4.69, 9.17) is 20.1 Å². The maximum Gasteiger partial charge on any atom is 0.111 e. The predicted octanol–water partition coefficient (Wildman–Crippen LogP) is -1.51. The Hall–Kier alpha value is -0.160. The number of hydrogen-bond donors (Lipinski definition) is 3. The molecule has 4 nitrogen and oxygen atoms in total. The van der Waals surface area contributed by atoms with Crippen LogP contribution >= 0.6 is 0 Å². The van der Waals surface area contributed by atoms with E-state index in [2.05, 4.69) is 0 Å². The second-order valence-corrected chi connectivity index (χ2v) is 2.54. The topological polar surface area (TPSA) is 69.9 Å². The Kier molecular flexibility index (Phi) is 2.25. The molecule has 0 aromatic rings. The van der Waals surface area contributed by atoms with Gasteiger partial charge in [-0.2, -0.15) is 0 Å². The number of hydrogen-bond acceptors (Lipinski definition) is 4. The van der Waals surface area contributed by atoms with Crippen molar-refractivity contribution in [2.45, 2.75) is 31.3 Å². The lowest BCUT2D eigenvalue weighted by molar-refractivity contribution is -0.0171. The number of rotatable bonds is 1. The van der Waals surface area contributed by atoms with Crippen LogP contribution in [0.2, 0.25) is 0 Å². The monoisotopic (exact) mass is 148 g/mol. The van der Waals surface area contributed by atoms with Crippen molar-refractivity contribution in [1.29, 1.82) is 0 Å². The molecule has 1 aliphatic heterocycles. The Morgan fingerprint density at radius 3 is 2.10 bits per heavy atom. The Morgan fingerprint density at radius 2 is 1.90 bits per heavy atom. The van der Waals surface area contributed by atoms with Gasteiger partial charge in [-0.05, 0) is 6.92 Å². The SMILES string of the molecule is C[C@H]1O[C@H](CO)[C@@H](O)C1O. The molecule has 0 aromatic heterocycles. The van der Waals surface area contributed by atoms with Crippen LogP contribution in [0.5, 0.6) is 0 Å². The summed E-state index contributed by atoms with van der Waals surface area (Å²) >= 11 is 0. The lowest BCUT2D eigenvalue weighted by atomic mass is 10.1. The molecule has 1 saturated heterocycles. The van der Waals surface area contributed by atoms with Crippen molar-refractivity contribution < 1.29 is 20.1 Å². The quantitative estimate of drug-likeness (QED) is 0.422. The molecule has 0 aromatic carbocycles. The molecule has 1 fully saturated rings. The van der Waals surface area contributed by atoms with E-state index in [-0.39, 0.29) is 12.7 Å². The Balaban J connectivity index is 2.53. The molecule has 10 heavy (non-hydrogen) atoms. The van der Waals surface area contributed by atoms with Gasteiger partial charge in [-0.15, -0.1) is 0 Å². The lowest BCUT2D eigenvalue weighted by Gasteiger charge is -2.10. The Morgan fingerprint density at radius 1 is 1.30 bits per heavy atom. The number of aliphatic hydroxyl groups excluding tert-OH is 3. The number of ether oxygens (including phenoxy) is 1. The molecule has 0 aliphatic carbocycles. The highest BCUT2D eigenvalue weighted by Crippen LogP contribution is 2.19. The molecule has 60 valence electrons. The molecule has 1 unspecified atom stereocenters. The predicted molar refractivity (Wildman–Crippen MR) is 33.4 cm³/mol. The van der Waals surface area contributed by atoms with E-state index >= 15 is 0 Å². The third kappa shape index (κ3) is 1.15. The van der Waals surface area contributed by atoms with Gasteiger partial charge in [-0.25, -0.2) is 0 Å². The van der Waals surface area contributed by atoms with E-state index < -0.39 is 18.3 Å². The average molecular weight is 148 g/mol. The fourth-order valence-electron chi connectivity index (χ4n) is 1.09. The third-order valence-electron chi connectivity index (χ3n) is 1.78. The molecule has 3 N–H and O–H groups in total. The molecule has 1 rings (SSSR count). The minimum absolute atomic E-state index is 0.247. The molecule has 0 saturated carbocycles. The normalized spacial score (nSPS) is 48.0. The van der Waals surface area contributed by atoms with Crippen LogP contribution in [0.15, 0.2) is 0 Å². The largest absolute Gasteiger partial charge is 0.394 e. The number of aliphatic hydroxyl groups is 3. The van der Waals surface area contributed by atoms with E-state index in [1.165, 1.54) is 0 Å². The second-order valence-electron chi connectivity index (χ2n) is 2.54. The van der Waals surface area contributed by atoms with Crippen LogP contribution in [-0.2, 0) is 4.74 Å². The van der Waals surface area contributed by atoms with Crippen LogP contribution in [0.25, 0.3) is 0 Å². The lowest BCUT2D eigenvalue weighted by Crippen LogP contribution is -2.33. The van der Waals surface area contributed by atoms with Gasteiger partial charge >= 0.3 is 0 Å². The van der Waals surface area contributed by atoms with E-state index in [0.717, 1.165) is 0 Å². The zero-order chi connectivity index (χ0) is 7.72. The van der Waals surface area contributed by atoms with Crippen molar-refractivity contribution in [3.63, 3.8) is 0 Å². The highest BCUT2D eigenvalue weighted by molar-refractivity contribution is 4.87. The summed E-state index contributed by atoms with van der Waals surface area (Å²) in [4.78, 5) is 0. The zero-order valence-corrected chi connectivity index (χ0v) is 5.77. The summed E-state index contributed by atoms with van der Waals surface area (Å²) in [6, 6.07) is 0. The third-order valence-corrected chi connectivity index (χ3v) is 1.78. The highest BCUT2D eigenvalue weighted by Gasteiger charge is 2.39. The molecule has 0 amide bonds. The van der Waals surface area contributed by atoms with Gasteiger partial charge in [-0.1, -0.05) is 0 Å². The van der Waals surface area contributed by atoms with Crippen LogP contribution in [0.4, 0.5) is 0 Å². The van der Waals surface area contributed by atoms with Gasteiger partial charge in [0.15, 0.2) is 0 Å². The summed E-state index contributed by atoms with van der Waals surface area (Å²) < 4.78 is 4.98. The maximum absolute atomic E-state index is 9.09. The van der Waals surface area contributed by atoms with Gasteiger partial charge in [0.1, 0.15) is 18.3 Å². The maximum atomic E-state index is 9.09. The van der Waals surface area contributed by atoms with E-state index in [1.54, 1.807) is 6.92 Å². The van der Waals surface area contributed by atoms with Crippen molar-refractivity contribution >= 4 is 0 Å². The van der Waals surface area contributed by atoms with Gasteiger partial charge in [-0.3, -0.25) is 0 Å². The Bertz CT molecular complexity index is 116. The summed E-state index contributed by atoms with van der Waals surface area (Å²) in [5.74, 6) is 0. The van der Waals surface area contributed by atoms with Gasteiger partial charge < -0.3 is 20.1 Å². The molecule has 1 aliphatic rings. The molecule has 0 spiro atoms. The van der Waals surface area contributed by atoms with Crippen LogP contribution < -0.4 is 0 Å². The van der Waals surface area contributed by atoms with Crippen LogP contribution in [0.3, 0.4) is 0 Å². The molecule has 0 bridgehead atoms. The molecule has 1 heterocycles. The molecule has 0 radical (unpaired) electrons. The first-order chi connectivity index (χ1) is 4.66. The van der Waals surface area contributed by atoms with Crippen molar-refractivity contribution in [2.24, 2.45) is 0 Å². The zero-order valence-electron chi connectivity index (χ0n) is 5.77. The van der Waals surface area contributed by atoms with Gasteiger partial charge in [0, 0.05) is 0 Å². The first kappa shape index (κ1) is 7.94. The molecule has 4 heteroatoms. The second kappa shape index (κ2) is 2.84. The summed E-state index contributed by atoms with van der Waals surface area (Å²) in [6.07, 6.45) is -2.81. The van der Waals surface area contributed by atoms with E-state index in [9.17, 15) is 0 Å². The first-order valence-electron chi connectivity index (χ1n) is 3.29. The first-order valence-corrected chi connectivity index (χ1v) is 3.29. The van der Waals surface area contributed by atoms with Gasteiger partial charge in [0.05, 0.1) is 12.7 Å². The Labute approximate surface area is 59.1 Å². The van der Waals surface area contributed by atoms with Crippen LogP contribution in [0, 0.1) is 0 Å². The van der Waals surface area contributed by atoms with E-state index in [0.29, 0.717) is 0 Å². The molecule has 4 atom stereocenters. The van der Waals surface area contributed by atoms with Gasteiger partial charge in [0.2, 0.25) is 0 Å². The van der Waals surface area contributed by atoms with Gasteiger partial charge in [0.25, 0.3) is 0 Å². The van der Waals surface area contributed by atoms with Crippen LogP contribution in [-0.4, -0.2) is 46.3 Å². The average Bonchev–Trinajstić information content (AvgIpc) is 2.17. The summed E-state index contributed by atoms with van der Waals surface area (Å²) in [7, 11) is 0. The smallest absolute Gasteiger partial charge is 0.111 e. The van der Waals surface area contributed by atoms with Crippen LogP contribution in [0.1, 0.15) is 6.92 Å². The fraction of sp³-hybridized carbons (Fsp3) is 1.00.